The molecule has 1 fully saturated rings. The minimum Gasteiger partial charge on any atom is -0.490 e. The van der Waals surface area contributed by atoms with E-state index in [0.29, 0.717) is 41.3 Å². The maximum atomic E-state index is 11.6. The van der Waals surface area contributed by atoms with Crippen molar-refractivity contribution in [2.75, 3.05) is 51.9 Å². The number of hydrogen-bond donors (Lipinski definition) is 1. The van der Waals surface area contributed by atoms with Crippen LogP contribution >= 0.6 is 34.8 Å². The summed E-state index contributed by atoms with van der Waals surface area (Å²) >= 11 is 18.6. The zero-order chi connectivity index (χ0) is 27.0. The second-order valence-corrected chi connectivity index (χ2v) is 10.6. The second kappa shape index (κ2) is 13.9. The number of nitrogens with zero attached hydrogens (tertiary/aromatic N) is 1. The van der Waals surface area contributed by atoms with E-state index < -0.39 is 11.5 Å². The van der Waals surface area contributed by atoms with Gasteiger partial charge in [0.2, 0.25) is 0 Å². The van der Waals surface area contributed by atoms with Crippen molar-refractivity contribution in [2.45, 2.75) is 38.4 Å². The highest BCUT2D eigenvalue weighted by Crippen LogP contribution is 2.40. The number of alkyl halides is 1. The highest BCUT2D eigenvalue weighted by Gasteiger charge is 2.26. The van der Waals surface area contributed by atoms with Gasteiger partial charge >= 0.3 is 5.97 Å². The molecule has 0 aliphatic carbocycles. The summed E-state index contributed by atoms with van der Waals surface area (Å²) in [4.78, 5) is 13.8. The first-order chi connectivity index (χ1) is 17.6. The molecule has 2 aromatic rings. The molecule has 0 spiro atoms. The van der Waals surface area contributed by atoms with E-state index in [-0.39, 0.29) is 31.2 Å². The van der Waals surface area contributed by atoms with Crippen LogP contribution < -0.4 is 9.47 Å². The summed E-state index contributed by atoms with van der Waals surface area (Å²) in [6, 6.07) is 11.4. The first-order valence-corrected chi connectivity index (χ1v) is 13.5. The van der Waals surface area contributed by atoms with Gasteiger partial charge in [-0.05, 0) is 35.4 Å². The third kappa shape index (κ3) is 8.63. The molecule has 0 saturated carbocycles. The average Bonchev–Trinajstić information content (AvgIpc) is 2.87. The number of esters is 1. The van der Waals surface area contributed by atoms with E-state index in [9.17, 15) is 9.90 Å². The van der Waals surface area contributed by atoms with Gasteiger partial charge in [0.1, 0.15) is 31.2 Å². The molecule has 2 atom stereocenters. The summed E-state index contributed by atoms with van der Waals surface area (Å²) in [7, 11) is 0. The Labute approximate surface area is 233 Å². The lowest BCUT2D eigenvalue weighted by Crippen LogP contribution is -2.43. The fraction of sp³-hybridized carbons (Fsp3) is 0.519. The Hall–Kier alpha value is -1.74. The van der Waals surface area contributed by atoms with E-state index in [1.165, 1.54) is 6.92 Å². The maximum absolute atomic E-state index is 11.6. The zero-order valence-corrected chi connectivity index (χ0v) is 23.6. The van der Waals surface area contributed by atoms with Crippen LogP contribution in [0.1, 0.15) is 31.9 Å². The van der Waals surface area contributed by atoms with E-state index in [1.807, 2.05) is 36.4 Å². The predicted molar refractivity (Wildman–Crippen MR) is 146 cm³/mol. The first kappa shape index (κ1) is 29.8. The number of carbonyl (C=O) groups excluding carboxylic acids is 1. The van der Waals surface area contributed by atoms with Crippen LogP contribution in [-0.2, 0) is 19.7 Å². The third-order valence-electron chi connectivity index (χ3n) is 6.23. The molecule has 1 saturated heterocycles. The van der Waals surface area contributed by atoms with Gasteiger partial charge in [-0.1, -0.05) is 49.2 Å². The molecule has 2 aromatic carbocycles. The van der Waals surface area contributed by atoms with Gasteiger partial charge in [-0.25, -0.2) is 0 Å². The van der Waals surface area contributed by atoms with E-state index >= 15 is 0 Å². The van der Waals surface area contributed by atoms with Crippen molar-refractivity contribution in [3.05, 3.63) is 57.6 Å². The van der Waals surface area contributed by atoms with Gasteiger partial charge in [-0.3, -0.25) is 9.69 Å². The van der Waals surface area contributed by atoms with Gasteiger partial charge in [0.25, 0.3) is 0 Å². The highest BCUT2D eigenvalue weighted by molar-refractivity contribution is 6.37. The highest BCUT2D eigenvalue weighted by atomic mass is 35.5. The molecule has 0 amide bonds. The monoisotopic (exact) mass is 573 g/mol. The molecule has 0 bridgehead atoms. The molecule has 3 rings (SSSR count). The van der Waals surface area contributed by atoms with Crippen LogP contribution in [0.4, 0.5) is 0 Å². The van der Waals surface area contributed by atoms with Crippen molar-refractivity contribution in [3.63, 3.8) is 0 Å². The third-order valence-corrected chi connectivity index (χ3v) is 7.15. The molecular weight excluding hydrogens is 541 g/mol. The zero-order valence-electron chi connectivity index (χ0n) is 21.3. The summed E-state index contributed by atoms with van der Waals surface area (Å²) in [6.45, 7) is 9.36. The SMILES string of the molecule is CC(=O)O[C@@H](COc1ccc(C(C)(C)c2cc(Cl)c(OC[C@@H](O)CCl)c(Cl)c2)cc1)CN1CCOCC1. The van der Waals surface area contributed by atoms with Gasteiger partial charge in [-0.15, -0.1) is 11.6 Å². The molecular formula is C27H34Cl3NO6. The molecule has 1 heterocycles. The van der Waals surface area contributed by atoms with Crippen LogP contribution in [0.15, 0.2) is 36.4 Å². The summed E-state index contributed by atoms with van der Waals surface area (Å²) in [6.07, 6.45) is -1.18. The number of halogens is 3. The van der Waals surface area contributed by atoms with Gasteiger partial charge < -0.3 is 24.1 Å². The Bertz CT molecular complexity index is 1000. The molecule has 0 radical (unpaired) electrons. The Morgan fingerprint density at radius 3 is 2.24 bits per heavy atom. The molecule has 7 nitrogen and oxygen atoms in total. The van der Waals surface area contributed by atoms with Crippen molar-refractivity contribution in [3.8, 4) is 11.5 Å². The Morgan fingerprint density at radius 2 is 1.68 bits per heavy atom. The fourth-order valence-electron chi connectivity index (χ4n) is 4.04. The smallest absolute Gasteiger partial charge is 0.303 e. The number of carbonyl (C=O) groups is 1. The summed E-state index contributed by atoms with van der Waals surface area (Å²) in [5.41, 5.74) is 1.52. The Kier molecular flexibility index (Phi) is 11.2. The first-order valence-electron chi connectivity index (χ1n) is 12.2. The topological polar surface area (TPSA) is 77.5 Å². The normalized spacial score (nSPS) is 16.2. The average molecular weight is 575 g/mol. The van der Waals surface area contributed by atoms with E-state index in [2.05, 4.69) is 18.7 Å². The van der Waals surface area contributed by atoms with Gasteiger partial charge in [-0.2, -0.15) is 0 Å². The lowest BCUT2D eigenvalue weighted by molar-refractivity contribution is -0.149. The Morgan fingerprint density at radius 1 is 1.05 bits per heavy atom. The number of ether oxygens (including phenoxy) is 4. The molecule has 37 heavy (non-hydrogen) atoms. The fourth-order valence-corrected chi connectivity index (χ4v) is 4.72. The van der Waals surface area contributed by atoms with Crippen LogP contribution in [0.5, 0.6) is 11.5 Å². The van der Waals surface area contributed by atoms with Gasteiger partial charge in [0.15, 0.2) is 5.75 Å². The van der Waals surface area contributed by atoms with Crippen LogP contribution in [0.25, 0.3) is 0 Å². The Balaban J connectivity index is 1.66. The van der Waals surface area contributed by atoms with Crippen LogP contribution in [0, 0.1) is 0 Å². The van der Waals surface area contributed by atoms with Crippen molar-refractivity contribution >= 4 is 40.8 Å². The summed E-state index contributed by atoms with van der Waals surface area (Å²) in [5, 5.41) is 10.4. The van der Waals surface area contributed by atoms with E-state index in [4.69, 9.17) is 53.8 Å². The second-order valence-electron chi connectivity index (χ2n) is 9.49. The summed E-state index contributed by atoms with van der Waals surface area (Å²) < 4.78 is 22.4. The van der Waals surface area contributed by atoms with Crippen molar-refractivity contribution < 1.29 is 28.8 Å². The largest absolute Gasteiger partial charge is 0.490 e. The number of aliphatic hydroxyl groups is 1. The lowest BCUT2D eigenvalue weighted by Gasteiger charge is -2.30. The van der Waals surface area contributed by atoms with Crippen LogP contribution in [0.2, 0.25) is 10.0 Å². The molecule has 0 unspecified atom stereocenters. The number of aliphatic hydroxyl groups excluding tert-OH is 1. The quantitative estimate of drug-likeness (QED) is 0.284. The number of rotatable bonds is 12. The standard InChI is InChI=1S/C27H34Cl3NO6/c1-18(32)37-23(15-31-8-10-34-11-9-31)17-35-22-6-4-19(5-7-22)27(2,3)20-12-24(29)26(25(30)13-20)36-16-21(33)14-28/h4-7,12-13,21,23,33H,8-11,14-17H2,1-3H3/t21-,23+/m0/s1. The number of hydrogen-bond acceptors (Lipinski definition) is 7. The molecule has 1 N–H and O–H groups in total. The van der Waals surface area contributed by atoms with E-state index in [0.717, 1.165) is 24.2 Å². The van der Waals surface area contributed by atoms with Crippen molar-refractivity contribution in [2.24, 2.45) is 0 Å². The van der Waals surface area contributed by atoms with Gasteiger partial charge in [0.05, 0.1) is 29.1 Å². The number of benzene rings is 2. The maximum Gasteiger partial charge on any atom is 0.303 e. The minimum atomic E-state index is -0.811. The summed E-state index contributed by atoms with van der Waals surface area (Å²) in [5.74, 6) is 0.715. The van der Waals surface area contributed by atoms with Crippen molar-refractivity contribution in [1.29, 1.82) is 0 Å². The molecule has 1 aliphatic heterocycles. The molecule has 204 valence electrons. The van der Waals surface area contributed by atoms with Crippen LogP contribution in [-0.4, -0.2) is 80.1 Å². The minimum absolute atomic E-state index is 0.00208. The van der Waals surface area contributed by atoms with E-state index in [1.54, 1.807) is 0 Å². The molecule has 1 aliphatic rings. The number of morpholine rings is 1. The molecule has 0 aromatic heterocycles. The predicted octanol–water partition coefficient (Wildman–Crippen LogP) is 4.94. The lowest BCUT2D eigenvalue weighted by atomic mass is 9.78. The van der Waals surface area contributed by atoms with Crippen LogP contribution in [0.3, 0.4) is 0 Å². The molecule has 10 heteroatoms. The van der Waals surface area contributed by atoms with Gasteiger partial charge in [0, 0.05) is 32.0 Å². The van der Waals surface area contributed by atoms with Crippen molar-refractivity contribution in [1.82, 2.24) is 4.90 Å².